The van der Waals surface area contributed by atoms with E-state index in [9.17, 15) is 9.59 Å². The van der Waals surface area contributed by atoms with E-state index in [1.807, 2.05) is 20.8 Å². The van der Waals surface area contributed by atoms with Crippen molar-refractivity contribution < 1.29 is 19.1 Å². The van der Waals surface area contributed by atoms with Crippen molar-refractivity contribution in [3.63, 3.8) is 0 Å². The highest BCUT2D eigenvalue weighted by atomic mass is 16.6. The topological polar surface area (TPSA) is 52.6 Å². The first kappa shape index (κ1) is 14.1. The summed E-state index contributed by atoms with van der Waals surface area (Å²) in [6, 6.07) is 0. The van der Waals surface area contributed by atoms with E-state index < -0.39 is 0 Å². The van der Waals surface area contributed by atoms with Gasteiger partial charge in [-0.3, -0.25) is 9.59 Å². The lowest BCUT2D eigenvalue weighted by Crippen LogP contribution is -2.14. The lowest BCUT2D eigenvalue weighted by atomic mass is 10.1. The van der Waals surface area contributed by atoms with Gasteiger partial charge in [0.25, 0.3) is 0 Å². The Morgan fingerprint density at radius 2 is 1.80 bits per heavy atom. The van der Waals surface area contributed by atoms with Gasteiger partial charge in [-0.15, -0.1) is 0 Å². The first-order valence-corrected chi connectivity index (χ1v) is 5.34. The third kappa shape index (κ3) is 8.12. The van der Waals surface area contributed by atoms with E-state index in [0.29, 0.717) is 13.2 Å². The van der Waals surface area contributed by atoms with Crippen molar-refractivity contribution in [3.8, 4) is 0 Å². The lowest BCUT2D eigenvalue weighted by Gasteiger charge is -2.05. The van der Waals surface area contributed by atoms with E-state index in [0.717, 1.165) is 0 Å². The van der Waals surface area contributed by atoms with Gasteiger partial charge in [0.1, 0.15) is 12.4 Å². The van der Waals surface area contributed by atoms with Crippen molar-refractivity contribution in [2.75, 3.05) is 19.8 Å². The van der Waals surface area contributed by atoms with Crippen molar-refractivity contribution >= 4 is 11.8 Å². The fourth-order valence-electron chi connectivity index (χ4n) is 0.945. The highest BCUT2D eigenvalue weighted by molar-refractivity contribution is 5.84. The molecule has 0 heterocycles. The van der Waals surface area contributed by atoms with Crippen LogP contribution in [-0.4, -0.2) is 31.6 Å². The molecule has 0 aromatic heterocycles. The van der Waals surface area contributed by atoms with Crippen LogP contribution in [0.3, 0.4) is 0 Å². The summed E-state index contributed by atoms with van der Waals surface area (Å²) in [5, 5.41) is 0. The molecule has 0 N–H and O–H groups in total. The molecule has 0 unspecified atom stereocenters. The smallest absolute Gasteiger partial charge is 0.306 e. The Bertz CT molecular complexity index is 199. The molecule has 0 atom stereocenters. The van der Waals surface area contributed by atoms with Crippen LogP contribution in [0, 0.1) is 5.92 Å². The number of ketones is 1. The number of hydrogen-bond donors (Lipinski definition) is 0. The van der Waals surface area contributed by atoms with Crippen molar-refractivity contribution in [3.05, 3.63) is 0 Å². The van der Waals surface area contributed by atoms with Crippen LogP contribution < -0.4 is 0 Å². The molecule has 0 bridgehead atoms. The summed E-state index contributed by atoms with van der Waals surface area (Å²) in [7, 11) is 0. The quantitative estimate of drug-likeness (QED) is 0.456. The zero-order valence-corrected chi connectivity index (χ0v) is 9.75. The molecule has 0 aromatic carbocycles. The summed E-state index contributed by atoms with van der Waals surface area (Å²) >= 11 is 0. The number of rotatable bonds is 8. The number of carbonyl (C=O) groups excluding carboxylic acids is 2. The molecule has 0 saturated heterocycles. The summed E-state index contributed by atoms with van der Waals surface area (Å²) in [5.74, 6) is -0.248. The number of Topliss-reactive ketones (excluding diaryl/α,β-unsaturated/α-hetero) is 1. The molecule has 0 rings (SSSR count). The molecular weight excluding hydrogens is 196 g/mol. The van der Waals surface area contributed by atoms with Gasteiger partial charge in [-0.2, -0.15) is 0 Å². The fourth-order valence-corrected chi connectivity index (χ4v) is 0.945. The van der Waals surface area contributed by atoms with E-state index >= 15 is 0 Å². The monoisotopic (exact) mass is 216 g/mol. The number of hydrogen-bond acceptors (Lipinski definition) is 4. The normalized spacial score (nSPS) is 10.4. The van der Waals surface area contributed by atoms with Gasteiger partial charge in [-0.1, -0.05) is 13.8 Å². The van der Waals surface area contributed by atoms with Gasteiger partial charge >= 0.3 is 5.97 Å². The zero-order valence-electron chi connectivity index (χ0n) is 9.75. The second-order valence-corrected chi connectivity index (χ2v) is 3.54. The predicted molar refractivity (Wildman–Crippen MR) is 56.5 cm³/mol. The first-order chi connectivity index (χ1) is 7.07. The standard InChI is InChI=1S/C11H20O4/c1-4-14-7-8-15-11(13)6-5-10(12)9(2)3/h9H,4-8H2,1-3H3. The van der Waals surface area contributed by atoms with Crippen molar-refractivity contribution in [1.29, 1.82) is 0 Å². The minimum atomic E-state index is -0.330. The Kier molecular flexibility index (Phi) is 7.91. The average Bonchev–Trinajstić information content (AvgIpc) is 2.20. The largest absolute Gasteiger partial charge is 0.463 e. The Morgan fingerprint density at radius 3 is 2.33 bits per heavy atom. The number of ether oxygens (including phenoxy) is 2. The molecule has 0 spiro atoms. The highest BCUT2D eigenvalue weighted by Gasteiger charge is 2.10. The number of esters is 1. The summed E-state index contributed by atoms with van der Waals surface area (Å²) in [6.45, 7) is 6.82. The van der Waals surface area contributed by atoms with Crippen LogP contribution in [0.4, 0.5) is 0 Å². The minimum Gasteiger partial charge on any atom is -0.463 e. The van der Waals surface area contributed by atoms with Crippen LogP contribution in [0.25, 0.3) is 0 Å². The van der Waals surface area contributed by atoms with Crippen LogP contribution in [0.15, 0.2) is 0 Å². The third-order valence-electron chi connectivity index (χ3n) is 1.91. The van der Waals surface area contributed by atoms with Crippen LogP contribution in [0.1, 0.15) is 33.6 Å². The molecule has 0 radical (unpaired) electrons. The maximum Gasteiger partial charge on any atom is 0.306 e. The third-order valence-corrected chi connectivity index (χ3v) is 1.91. The Hall–Kier alpha value is -0.900. The molecule has 4 nitrogen and oxygen atoms in total. The van der Waals surface area contributed by atoms with Gasteiger partial charge in [-0.25, -0.2) is 0 Å². The van der Waals surface area contributed by atoms with E-state index in [1.165, 1.54) is 0 Å². The maximum absolute atomic E-state index is 11.2. The van der Waals surface area contributed by atoms with Crippen molar-refractivity contribution in [2.24, 2.45) is 5.92 Å². The predicted octanol–water partition coefficient (Wildman–Crippen LogP) is 1.57. The van der Waals surface area contributed by atoms with Crippen molar-refractivity contribution in [1.82, 2.24) is 0 Å². The Labute approximate surface area is 90.9 Å². The molecule has 0 saturated carbocycles. The van der Waals surface area contributed by atoms with Crippen molar-refractivity contribution in [2.45, 2.75) is 33.6 Å². The van der Waals surface area contributed by atoms with Crippen LogP contribution in [-0.2, 0) is 19.1 Å². The molecule has 0 aromatic rings. The van der Waals surface area contributed by atoms with E-state index in [2.05, 4.69) is 0 Å². The zero-order chi connectivity index (χ0) is 11.7. The lowest BCUT2D eigenvalue weighted by molar-refractivity contribution is -0.146. The van der Waals surface area contributed by atoms with Gasteiger partial charge in [0.05, 0.1) is 13.0 Å². The summed E-state index contributed by atoms with van der Waals surface area (Å²) in [6.07, 6.45) is 0.439. The Morgan fingerprint density at radius 1 is 1.13 bits per heavy atom. The highest BCUT2D eigenvalue weighted by Crippen LogP contribution is 2.02. The number of carbonyl (C=O) groups is 2. The van der Waals surface area contributed by atoms with Gasteiger partial charge in [0, 0.05) is 18.9 Å². The summed E-state index contributed by atoms with van der Waals surface area (Å²) < 4.78 is 9.86. The van der Waals surface area contributed by atoms with E-state index in [1.54, 1.807) is 0 Å². The second kappa shape index (κ2) is 8.41. The second-order valence-electron chi connectivity index (χ2n) is 3.54. The summed E-state index contributed by atoms with van der Waals surface area (Å²) in [4.78, 5) is 22.3. The fraction of sp³-hybridized carbons (Fsp3) is 0.818. The molecule has 88 valence electrons. The molecular formula is C11H20O4. The first-order valence-electron chi connectivity index (χ1n) is 5.34. The molecule has 0 amide bonds. The SMILES string of the molecule is CCOCCOC(=O)CCC(=O)C(C)C. The maximum atomic E-state index is 11.2. The molecule has 0 fully saturated rings. The van der Waals surface area contributed by atoms with E-state index in [4.69, 9.17) is 9.47 Å². The molecule has 15 heavy (non-hydrogen) atoms. The van der Waals surface area contributed by atoms with Gasteiger partial charge in [0.2, 0.25) is 0 Å². The molecule has 0 aliphatic rings. The van der Waals surface area contributed by atoms with Gasteiger partial charge < -0.3 is 9.47 Å². The molecule has 0 aliphatic heterocycles. The van der Waals surface area contributed by atoms with Gasteiger partial charge in [-0.05, 0) is 6.92 Å². The minimum absolute atomic E-state index is 0.0128. The molecule has 0 aliphatic carbocycles. The van der Waals surface area contributed by atoms with Gasteiger partial charge in [0.15, 0.2) is 0 Å². The van der Waals surface area contributed by atoms with Crippen LogP contribution >= 0.6 is 0 Å². The van der Waals surface area contributed by atoms with Crippen LogP contribution in [0.2, 0.25) is 0 Å². The van der Waals surface area contributed by atoms with E-state index in [-0.39, 0.29) is 37.1 Å². The van der Waals surface area contributed by atoms with Crippen LogP contribution in [0.5, 0.6) is 0 Å². The Balaban J connectivity index is 3.45. The average molecular weight is 216 g/mol. The molecule has 4 heteroatoms. The summed E-state index contributed by atoms with van der Waals surface area (Å²) in [5.41, 5.74) is 0.